The molecule has 0 fully saturated rings. The molecule has 0 bridgehead atoms. The number of benzene rings is 1. The highest BCUT2D eigenvalue weighted by Gasteiger charge is 2.11. The molecule has 0 saturated carbocycles. The van der Waals surface area contributed by atoms with E-state index in [1.54, 1.807) is 12.5 Å². The van der Waals surface area contributed by atoms with Gasteiger partial charge in [0.1, 0.15) is 11.7 Å². The van der Waals surface area contributed by atoms with Crippen LogP contribution in [0.15, 0.2) is 49.1 Å². The lowest BCUT2D eigenvalue weighted by Gasteiger charge is -2.16. The van der Waals surface area contributed by atoms with Gasteiger partial charge < -0.3 is 9.30 Å². The van der Waals surface area contributed by atoms with Gasteiger partial charge in [-0.05, 0) is 17.8 Å². The lowest BCUT2D eigenvalue weighted by Crippen LogP contribution is -2.10. The van der Waals surface area contributed by atoms with Crippen LogP contribution in [0.1, 0.15) is 11.7 Å². The lowest BCUT2D eigenvalue weighted by atomic mass is 10.1. The zero-order valence-corrected chi connectivity index (χ0v) is 9.51. The molecule has 0 N–H and O–H groups in total. The third-order valence-corrected chi connectivity index (χ3v) is 2.44. The Labute approximate surface area is 99.7 Å². The number of nitrogens with zero attached hydrogens (tertiary/aromatic N) is 2. The molecule has 2 rings (SSSR count). The van der Waals surface area contributed by atoms with Gasteiger partial charge in [0.15, 0.2) is 0 Å². The first kappa shape index (κ1) is 10.8. The Hall–Kier alpha value is -1.68. The number of hydrogen-bond acceptors (Lipinski definition) is 3. The smallest absolute Gasteiger partial charge is 0.147 e. The van der Waals surface area contributed by atoms with E-state index in [-0.39, 0.29) is 6.10 Å². The maximum atomic E-state index is 5.44. The van der Waals surface area contributed by atoms with Crippen LogP contribution in [0.25, 0.3) is 0 Å². The molecule has 16 heavy (non-hydrogen) atoms. The maximum absolute atomic E-state index is 5.44. The molecule has 0 spiro atoms. The third kappa shape index (κ3) is 2.67. The molecule has 3 nitrogen and oxygen atoms in total. The van der Waals surface area contributed by atoms with Crippen molar-refractivity contribution in [2.45, 2.75) is 12.6 Å². The van der Waals surface area contributed by atoms with E-state index in [1.807, 2.05) is 41.1 Å². The van der Waals surface area contributed by atoms with Gasteiger partial charge >= 0.3 is 0 Å². The van der Waals surface area contributed by atoms with Gasteiger partial charge in [-0.1, -0.05) is 30.3 Å². The summed E-state index contributed by atoms with van der Waals surface area (Å²) >= 11 is 4.75. The van der Waals surface area contributed by atoms with Crippen LogP contribution in [0.5, 0.6) is 0 Å². The number of imidazole rings is 1. The minimum absolute atomic E-state index is 0.0621. The first-order valence-corrected chi connectivity index (χ1v) is 5.47. The molecule has 0 aliphatic rings. The number of hydrogen-bond donors (Lipinski definition) is 0. The number of thiocarbonyl (C=S) groups is 1. The minimum atomic E-state index is -0.0621. The van der Waals surface area contributed by atoms with Crippen molar-refractivity contribution in [1.29, 1.82) is 0 Å². The molecule has 0 aliphatic carbocycles. The monoisotopic (exact) mass is 232 g/mol. The molecule has 0 aliphatic heterocycles. The SMILES string of the molecule is S=COC(Cn1ccnc1)c1ccccc1. The Morgan fingerprint density at radius 2 is 2.19 bits per heavy atom. The molecule has 2 aromatic rings. The van der Waals surface area contributed by atoms with Crippen molar-refractivity contribution in [2.75, 3.05) is 0 Å². The molecule has 1 aromatic heterocycles. The average Bonchev–Trinajstić information content (AvgIpc) is 2.83. The molecular formula is C12H12N2OS. The second-order valence-electron chi connectivity index (χ2n) is 3.39. The fourth-order valence-electron chi connectivity index (χ4n) is 1.55. The van der Waals surface area contributed by atoms with E-state index in [4.69, 9.17) is 17.0 Å². The highest BCUT2D eigenvalue weighted by molar-refractivity contribution is 7.78. The van der Waals surface area contributed by atoms with E-state index in [0.29, 0.717) is 6.54 Å². The number of ether oxygens (including phenoxy) is 1. The fraction of sp³-hybridized carbons (Fsp3) is 0.167. The van der Waals surface area contributed by atoms with E-state index in [9.17, 15) is 0 Å². The third-order valence-electron chi connectivity index (χ3n) is 2.33. The van der Waals surface area contributed by atoms with Crippen LogP contribution in [0.2, 0.25) is 0 Å². The lowest BCUT2D eigenvalue weighted by molar-refractivity contribution is 0.185. The second kappa shape index (κ2) is 5.42. The molecule has 82 valence electrons. The first-order valence-electron chi connectivity index (χ1n) is 5.00. The van der Waals surface area contributed by atoms with Crippen LogP contribution >= 0.6 is 12.2 Å². The zero-order chi connectivity index (χ0) is 11.2. The molecule has 0 amide bonds. The highest BCUT2D eigenvalue weighted by Crippen LogP contribution is 2.18. The van der Waals surface area contributed by atoms with E-state index < -0.39 is 0 Å². The predicted octanol–water partition coefficient (Wildman–Crippen LogP) is 2.60. The summed E-state index contributed by atoms with van der Waals surface area (Å²) in [5, 5.41) is 0. The molecular weight excluding hydrogens is 220 g/mol. The zero-order valence-electron chi connectivity index (χ0n) is 8.69. The average molecular weight is 232 g/mol. The standard InChI is InChI=1S/C12H12N2OS/c16-10-15-12(8-14-7-6-13-9-14)11-4-2-1-3-5-11/h1-7,9-10,12H,8H2. The summed E-state index contributed by atoms with van der Waals surface area (Å²) in [6.07, 6.45) is 5.36. The summed E-state index contributed by atoms with van der Waals surface area (Å²) < 4.78 is 7.41. The van der Waals surface area contributed by atoms with E-state index in [0.717, 1.165) is 5.56 Å². The molecule has 4 heteroatoms. The van der Waals surface area contributed by atoms with Crippen molar-refractivity contribution in [3.63, 3.8) is 0 Å². The van der Waals surface area contributed by atoms with Crippen molar-refractivity contribution in [2.24, 2.45) is 0 Å². The van der Waals surface area contributed by atoms with Crippen LogP contribution in [-0.2, 0) is 11.3 Å². The van der Waals surface area contributed by atoms with Crippen LogP contribution in [0.3, 0.4) is 0 Å². The summed E-state index contributed by atoms with van der Waals surface area (Å²) in [6.45, 7) is 0.706. The summed E-state index contributed by atoms with van der Waals surface area (Å²) in [4.78, 5) is 4.00. The molecule has 0 saturated heterocycles. The molecule has 1 heterocycles. The molecule has 1 aromatic carbocycles. The van der Waals surface area contributed by atoms with Gasteiger partial charge in [0, 0.05) is 12.4 Å². The summed E-state index contributed by atoms with van der Waals surface area (Å²) in [7, 11) is 0. The van der Waals surface area contributed by atoms with Crippen molar-refractivity contribution < 1.29 is 4.74 Å². The van der Waals surface area contributed by atoms with Crippen molar-refractivity contribution in [3.8, 4) is 0 Å². The maximum Gasteiger partial charge on any atom is 0.147 e. The van der Waals surface area contributed by atoms with Crippen LogP contribution in [0, 0.1) is 0 Å². The van der Waals surface area contributed by atoms with Crippen molar-refractivity contribution >= 4 is 17.8 Å². The Morgan fingerprint density at radius 1 is 1.38 bits per heavy atom. The van der Waals surface area contributed by atoms with Gasteiger partial charge in [-0.15, -0.1) is 0 Å². The topological polar surface area (TPSA) is 27.1 Å². The largest absolute Gasteiger partial charge is 0.480 e. The molecule has 1 atom stereocenters. The summed E-state index contributed by atoms with van der Waals surface area (Å²) in [6, 6.07) is 10.0. The van der Waals surface area contributed by atoms with E-state index in [2.05, 4.69) is 4.98 Å². The Bertz CT molecular complexity index is 428. The van der Waals surface area contributed by atoms with Crippen LogP contribution < -0.4 is 0 Å². The van der Waals surface area contributed by atoms with Gasteiger partial charge in [-0.25, -0.2) is 4.98 Å². The fourth-order valence-corrected chi connectivity index (χ4v) is 1.68. The van der Waals surface area contributed by atoms with Gasteiger partial charge in [0.25, 0.3) is 0 Å². The quantitative estimate of drug-likeness (QED) is 0.741. The van der Waals surface area contributed by atoms with Gasteiger partial charge in [0.05, 0.1) is 12.9 Å². The Kier molecular flexibility index (Phi) is 3.66. The first-order chi connectivity index (χ1) is 7.90. The molecule has 1 unspecified atom stereocenters. The van der Waals surface area contributed by atoms with Crippen molar-refractivity contribution in [3.05, 3.63) is 54.6 Å². The van der Waals surface area contributed by atoms with Gasteiger partial charge in [0.2, 0.25) is 0 Å². The van der Waals surface area contributed by atoms with E-state index >= 15 is 0 Å². The van der Waals surface area contributed by atoms with E-state index in [1.165, 1.54) is 5.55 Å². The van der Waals surface area contributed by atoms with Crippen LogP contribution in [-0.4, -0.2) is 15.1 Å². The van der Waals surface area contributed by atoms with Gasteiger partial charge in [-0.2, -0.15) is 0 Å². The minimum Gasteiger partial charge on any atom is -0.480 e. The number of aromatic nitrogens is 2. The van der Waals surface area contributed by atoms with Crippen LogP contribution in [0.4, 0.5) is 0 Å². The van der Waals surface area contributed by atoms with Crippen molar-refractivity contribution in [1.82, 2.24) is 9.55 Å². The van der Waals surface area contributed by atoms with Gasteiger partial charge in [-0.3, -0.25) is 0 Å². The predicted molar refractivity (Wildman–Crippen MR) is 66.2 cm³/mol. The second-order valence-corrected chi connectivity index (χ2v) is 3.58. The highest BCUT2D eigenvalue weighted by atomic mass is 32.1. The normalized spacial score (nSPS) is 12.0. The summed E-state index contributed by atoms with van der Waals surface area (Å²) in [5.41, 5.74) is 2.42. The number of rotatable bonds is 5. The Morgan fingerprint density at radius 3 is 2.81 bits per heavy atom. The Balaban J connectivity index is 2.14. The molecule has 0 radical (unpaired) electrons. The summed E-state index contributed by atoms with van der Waals surface area (Å²) in [5.74, 6) is 0.